The van der Waals surface area contributed by atoms with Gasteiger partial charge in [0, 0.05) is 54.3 Å². The number of aromatic nitrogens is 2. The normalized spacial score (nSPS) is 14.8. The first-order valence-corrected chi connectivity index (χ1v) is 13.0. The summed E-state index contributed by atoms with van der Waals surface area (Å²) in [7, 11) is 1.63. The van der Waals surface area contributed by atoms with Gasteiger partial charge in [-0.2, -0.15) is 0 Å². The Balaban J connectivity index is 1.59. The molecule has 0 unspecified atom stereocenters. The molecule has 202 valence electrons. The van der Waals surface area contributed by atoms with Gasteiger partial charge in [-0.15, -0.1) is 0 Å². The summed E-state index contributed by atoms with van der Waals surface area (Å²) in [5.74, 6) is -0.766. The first-order chi connectivity index (χ1) is 18.1. The van der Waals surface area contributed by atoms with Gasteiger partial charge in [-0.1, -0.05) is 19.9 Å². The van der Waals surface area contributed by atoms with E-state index in [4.69, 9.17) is 9.47 Å². The second-order valence-electron chi connectivity index (χ2n) is 10.7. The van der Waals surface area contributed by atoms with E-state index in [0.29, 0.717) is 28.8 Å². The predicted molar refractivity (Wildman–Crippen MR) is 146 cm³/mol. The molecule has 3 heterocycles. The molecule has 1 aliphatic heterocycles. The van der Waals surface area contributed by atoms with Gasteiger partial charge in [0.25, 0.3) is 0 Å². The molecule has 0 aliphatic carbocycles. The van der Waals surface area contributed by atoms with Gasteiger partial charge >= 0.3 is 5.97 Å². The molecule has 0 amide bonds. The molecule has 3 aromatic rings. The summed E-state index contributed by atoms with van der Waals surface area (Å²) in [6.07, 6.45) is 5.68. The van der Waals surface area contributed by atoms with Crippen LogP contribution >= 0.6 is 0 Å². The number of hydrogen-bond acceptors (Lipinski definition) is 6. The number of carbonyl (C=O) groups is 1. The van der Waals surface area contributed by atoms with E-state index >= 15 is 4.39 Å². The molecule has 8 heteroatoms. The summed E-state index contributed by atoms with van der Waals surface area (Å²) in [6.45, 7) is 10.2. The average Bonchev–Trinajstić information content (AvgIpc) is 2.87. The van der Waals surface area contributed by atoms with Crippen LogP contribution in [0.25, 0.3) is 11.1 Å². The highest BCUT2D eigenvalue weighted by atomic mass is 19.1. The van der Waals surface area contributed by atoms with Crippen molar-refractivity contribution >= 4 is 11.7 Å². The van der Waals surface area contributed by atoms with Gasteiger partial charge in [0.2, 0.25) is 5.88 Å². The Morgan fingerprint density at radius 3 is 2.50 bits per heavy atom. The lowest BCUT2D eigenvalue weighted by molar-refractivity contribution is -0.136. The number of piperidine rings is 1. The molecule has 1 saturated heterocycles. The largest absolute Gasteiger partial charge is 0.497 e. The fourth-order valence-corrected chi connectivity index (χ4v) is 4.92. The van der Waals surface area contributed by atoms with Crippen LogP contribution < -0.4 is 14.4 Å². The van der Waals surface area contributed by atoms with Gasteiger partial charge in [-0.25, -0.2) is 9.37 Å². The van der Waals surface area contributed by atoms with Crippen molar-refractivity contribution in [2.24, 2.45) is 5.41 Å². The monoisotopic (exact) mass is 521 g/mol. The Morgan fingerprint density at radius 1 is 1.13 bits per heavy atom. The van der Waals surface area contributed by atoms with E-state index in [1.54, 1.807) is 19.5 Å². The predicted octanol–water partition coefficient (Wildman–Crippen LogP) is 5.78. The summed E-state index contributed by atoms with van der Waals surface area (Å²) in [5, 5.41) is 9.61. The number of aryl methyl sites for hydroxylation is 2. The standard InChI is InChI=1S/C30H36FN3O4/c1-19-14-23(37-5)7-6-21(19)8-13-38-29-26(31)15-22(17-33-29)25-18-32-20(2)24(16-27(35)36)28(25)34-11-9-30(3,4)10-12-34/h6-7,14-15,17-18H,8-13,16H2,1-5H3,(H,35,36). The molecule has 1 fully saturated rings. The molecule has 0 radical (unpaired) electrons. The summed E-state index contributed by atoms with van der Waals surface area (Å²) in [6, 6.07) is 7.23. The van der Waals surface area contributed by atoms with Crippen LogP contribution in [-0.2, 0) is 17.6 Å². The second-order valence-corrected chi connectivity index (χ2v) is 10.7. The van der Waals surface area contributed by atoms with Crippen LogP contribution in [0.5, 0.6) is 11.6 Å². The zero-order chi connectivity index (χ0) is 27.4. The van der Waals surface area contributed by atoms with Crippen LogP contribution in [0.4, 0.5) is 10.1 Å². The Labute approximate surface area is 223 Å². The molecular weight excluding hydrogens is 485 g/mol. The van der Waals surface area contributed by atoms with E-state index in [9.17, 15) is 9.90 Å². The van der Waals surface area contributed by atoms with Crippen molar-refractivity contribution in [3.63, 3.8) is 0 Å². The van der Waals surface area contributed by atoms with E-state index in [-0.39, 0.29) is 24.3 Å². The number of aliphatic carboxylic acids is 1. The van der Waals surface area contributed by atoms with Crippen LogP contribution in [0.15, 0.2) is 36.7 Å². The number of anilines is 1. The molecule has 0 bridgehead atoms. The van der Waals surface area contributed by atoms with Crippen molar-refractivity contribution in [3.8, 4) is 22.8 Å². The minimum Gasteiger partial charge on any atom is -0.497 e. The summed E-state index contributed by atoms with van der Waals surface area (Å²) >= 11 is 0. The Kier molecular flexibility index (Phi) is 8.19. The number of ether oxygens (including phenoxy) is 2. The highest BCUT2D eigenvalue weighted by Crippen LogP contribution is 2.40. The molecule has 1 aliphatic rings. The summed E-state index contributed by atoms with van der Waals surface area (Å²) < 4.78 is 26.1. The fourth-order valence-electron chi connectivity index (χ4n) is 4.92. The molecular formula is C30H36FN3O4. The van der Waals surface area contributed by atoms with Crippen LogP contribution in [0, 0.1) is 25.1 Å². The van der Waals surface area contributed by atoms with Crippen molar-refractivity contribution in [1.82, 2.24) is 9.97 Å². The Hall–Kier alpha value is -3.68. The third-order valence-electron chi connectivity index (χ3n) is 7.40. The molecule has 38 heavy (non-hydrogen) atoms. The highest BCUT2D eigenvalue weighted by Gasteiger charge is 2.29. The van der Waals surface area contributed by atoms with Crippen molar-refractivity contribution in [2.75, 3.05) is 31.7 Å². The summed E-state index contributed by atoms with van der Waals surface area (Å²) in [5.41, 5.74) is 5.74. The maximum Gasteiger partial charge on any atom is 0.307 e. The molecule has 0 spiro atoms. The number of pyridine rings is 2. The lowest BCUT2D eigenvalue weighted by Crippen LogP contribution is -2.38. The van der Waals surface area contributed by atoms with Gasteiger partial charge in [0.05, 0.1) is 25.8 Å². The Bertz CT molecular complexity index is 1320. The van der Waals surface area contributed by atoms with E-state index in [1.165, 1.54) is 6.07 Å². The van der Waals surface area contributed by atoms with Crippen LogP contribution in [0.3, 0.4) is 0 Å². The maximum absolute atomic E-state index is 15.2. The minimum absolute atomic E-state index is 0.0629. The van der Waals surface area contributed by atoms with E-state index in [0.717, 1.165) is 48.5 Å². The summed E-state index contributed by atoms with van der Waals surface area (Å²) in [4.78, 5) is 22.7. The molecule has 2 aromatic heterocycles. The molecule has 0 atom stereocenters. The number of benzene rings is 1. The van der Waals surface area contributed by atoms with Crippen molar-refractivity contribution in [1.29, 1.82) is 0 Å². The van der Waals surface area contributed by atoms with Crippen molar-refractivity contribution < 1.29 is 23.8 Å². The number of hydrogen-bond donors (Lipinski definition) is 1. The fraction of sp³-hybridized carbons (Fsp3) is 0.433. The number of carboxylic acid groups (broad SMARTS) is 1. The Morgan fingerprint density at radius 2 is 1.87 bits per heavy atom. The maximum atomic E-state index is 15.2. The molecule has 1 N–H and O–H groups in total. The average molecular weight is 522 g/mol. The van der Waals surface area contributed by atoms with Gasteiger partial charge in [-0.05, 0) is 61.4 Å². The number of methoxy groups -OCH3 is 1. The zero-order valence-corrected chi connectivity index (χ0v) is 22.8. The van der Waals surface area contributed by atoms with Crippen LogP contribution in [-0.4, -0.2) is 47.8 Å². The van der Waals surface area contributed by atoms with E-state index < -0.39 is 11.8 Å². The molecule has 4 rings (SSSR count). The second kappa shape index (κ2) is 11.4. The minimum atomic E-state index is -0.925. The SMILES string of the molecule is COc1ccc(CCOc2ncc(-c3cnc(C)c(CC(=O)O)c3N3CCC(C)(C)CC3)cc2F)c(C)c1. The molecule has 1 aromatic carbocycles. The lowest BCUT2D eigenvalue weighted by atomic mass is 9.82. The third-order valence-corrected chi connectivity index (χ3v) is 7.40. The first kappa shape index (κ1) is 27.4. The van der Waals surface area contributed by atoms with Crippen molar-refractivity contribution in [3.05, 3.63) is 64.9 Å². The van der Waals surface area contributed by atoms with Gasteiger partial charge in [0.15, 0.2) is 5.82 Å². The lowest BCUT2D eigenvalue weighted by Gasteiger charge is -2.40. The van der Waals surface area contributed by atoms with Crippen LogP contribution in [0.1, 0.15) is 49.1 Å². The smallest absolute Gasteiger partial charge is 0.307 e. The highest BCUT2D eigenvalue weighted by molar-refractivity contribution is 5.84. The van der Waals surface area contributed by atoms with Crippen LogP contribution in [0.2, 0.25) is 0 Å². The third kappa shape index (κ3) is 6.23. The quantitative estimate of drug-likeness (QED) is 0.382. The first-order valence-electron chi connectivity index (χ1n) is 13.0. The van der Waals surface area contributed by atoms with E-state index in [1.807, 2.05) is 32.0 Å². The van der Waals surface area contributed by atoms with Gasteiger partial charge in [0.1, 0.15) is 5.75 Å². The number of carboxylic acids is 1. The van der Waals surface area contributed by atoms with Gasteiger partial charge in [-0.3, -0.25) is 9.78 Å². The van der Waals surface area contributed by atoms with Crippen molar-refractivity contribution in [2.45, 2.75) is 53.4 Å². The zero-order valence-electron chi connectivity index (χ0n) is 22.8. The number of nitrogens with zero attached hydrogens (tertiary/aromatic N) is 3. The topological polar surface area (TPSA) is 84.8 Å². The van der Waals surface area contributed by atoms with E-state index in [2.05, 4.69) is 28.7 Å². The molecule has 0 saturated carbocycles. The molecule has 7 nitrogen and oxygen atoms in total. The van der Waals surface area contributed by atoms with Gasteiger partial charge < -0.3 is 19.5 Å². The number of halogens is 1. The number of rotatable bonds is 9.